The van der Waals surface area contributed by atoms with Gasteiger partial charge in [-0.15, -0.1) is 0 Å². The topological polar surface area (TPSA) is 113 Å². The van der Waals surface area contributed by atoms with Crippen LogP contribution >= 0.6 is 0 Å². The first kappa shape index (κ1) is 26.6. The molecule has 0 aliphatic carbocycles. The zero-order valence-corrected chi connectivity index (χ0v) is 21.4. The highest BCUT2D eigenvalue weighted by atomic mass is 32.2. The third kappa shape index (κ3) is 7.02. The van der Waals surface area contributed by atoms with Crippen molar-refractivity contribution >= 4 is 27.3 Å². The van der Waals surface area contributed by atoms with Crippen molar-refractivity contribution < 1.29 is 18.1 Å². The second-order valence-electron chi connectivity index (χ2n) is 9.09. The van der Waals surface area contributed by atoms with Gasteiger partial charge in [-0.25, -0.2) is 8.42 Å². The van der Waals surface area contributed by atoms with E-state index in [1.54, 1.807) is 13.8 Å². The molecule has 1 aliphatic rings. The van der Waals surface area contributed by atoms with Crippen molar-refractivity contribution in [3.63, 3.8) is 0 Å². The molecule has 1 heterocycles. The third-order valence-electron chi connectivity index (χ3n) is 6.28. The number of hydrogen-bond donors (Lipinski definition) is 1. The first-order chi connectivity index (χ1) is 16.6. The Balaban J connectivity index is 1.77. The van der Waals surface area contributed by atoms with Crippen LogP contribution < -0.4 is 9.62 Å². The van der Waals surface area contributed by atoms with Crippen molar-refractivity contribution in [1.82, 2.24) is 10.2 Å². The molecule has 0 bridgehead atoms. The number of carbonyl (C=O) groups excluding carboxylic acids is 1. The Bertz CT molecular complexity index is 1160. The summed E-state index contributed by atoms with van der Waals surface area (Å²) in [5.74, 6) is -0.453. The number of anilines is 1. The van der Waals surface area contributed by atoms with Crippen LogP contribution in [0.2, 0.25) is 0 Å². The molecule has 2 aromatic carbocycles. The predicted molar refractivity (Wildman–Crippen MR) is 137 cm³/mol. The molecule has 1 N–H and O–H groups in total. The Morgan fingerprint density at radius 3 is 2.46 bits per heavy atom. The average molecular weight is 503 g/mol. The maximum atomic E-state index is 13.2. The predicted octanol–water partition coefficient (Wildman–Crippen LogP) is 3.75. The summed E-state index contributed by atoms with van der Waals surface area (Å²) in [4.78, 5) is 26.3. The molecule has 35 heavy (non-hydrogen) atoms. The van der Waals surface area contributed by atoms with Crippen LogP contribution in [0.4, 0.5) is 11.4 Å². The molecular weight excluding hydrogens is 468 g/mol. The standard InChI is InChI=1S/C25H34N4O5S/c1-4-23(28(35(3,33)34)24-16-22(29(31)32)12-11-19(24)2)25(30)26-17-20-9-8-10-21(15-20)18-27-13-6-5-7-14-27/h8-12,15-16,23H,4-7,13-14,17-18H2,1-3H3,(H,26,30)/t23-/m0/s1. The monoisotopic (exact) mass is 502 g/mol. The molecule has 1 saturated heterocycles. The van der Waals surface area contributed by atoms with Crippen LogP contribution in [-0.4, -0.2) is 49.5 Å². The summed E-state index contributed by atoms with van der Waals surface area (Å²) in [6.45, 7) is 6.70. The fourth-order valence-electron chi connectivity index (χ4n) is 4.50. The van der Waals surface area contributed by atoms with Crippen molar-refractivity contribution in [3.05, 3.63) is 69.3 Å². The number of nitro groups is 1. The summed E-state index contributed by atoms with van der Waals surface area (Å²) in [6, 6.07) is 11.0. The Hall–Kier alpha value is -2.98. The number of carbonyl (C=O) groups is 1. The number of nitro benzene ring substituents is 1. The molecule has 3 rings (SSSR count). The van der Waals surface area contributed by atoms with E-state index in [-0.39, 0.29) is 24.3 Å². The quantitative estimate of drug-likeness (QED) is 0.391. The minimum absolute atomic E-state index is 0.132. The van der Waals surface area contributed by atoms with E-state index in [2.05, 4.69) is 22.3 Å². The zero-order chi connectivity index (χ0) is 25.6. The summed E-state index contributed by atoms with van der Waals surface area (Å²) < 4.78 is 26.5. The molecule has 0 radical (unpaired) electrons. The molecule has 9 nitrogen and oxygen atoms in total. The van der Waals surface area contributed by atoms with Crippen molar-refractivity contribution in [2.45, 2.75) is 58.7 Å². The lowest BCUT2D eigenvalue weighted by Gasteiger charge is -2.31. The maximum absolute atomic E-state index is 13.2. The van der Waals surface area contributed by atoms with Gasteiger partial charge in [0.05, 0.1) is 16.9 Å². The molecule has 1 amide bonds. The van der Waals surface area contributed by atoms with Gasteiger partial charge in [0.2, 0.25) is 15.9 Å². The van der Waals surface area contributed by atoms with Crippen LogP contribution in [0.25, 0.3) is 0 Å². The minimum Gasteiger partial charge on any atom is -0.350 e. The smallest absolute Gasteiger partial charge is 0.271 e. The molecule has 1 aliphatic heterocycles. The highest BCUT2D eigenvalue weighted by Gasteiger charge is 2.33. The highest BCUT2D eigenvalue weighted by molar-refractivity contribution is 7.92. The molecule has 1 fully saturated rings. The van der Waals surface area contributed by atoms with E-state index in [0.29, 0.717) is 5.56 Å². The van der Waals surface area contributed by atoms with Crippen molar-refractivity contribution in [3.8, 4) is 0 Å². The van der Waals surface area contributed by atoms with E-state index in [1.807, 2.05) is 12.1 Å². The number of aryl methyl sites for hydroxylation is 1. The van der Waals surface area contributed by atoms with Gasteiger partial charge in [0.25, 0.3) is 5.69 Å². The fourth-order valence-corrected chi connectivity index (χ4v) is 5.77. The molecule has 10 heteroatoms. The number of nitrogens with one attached hydrogen (secondary N) is 1. The lowest BCUT2D eigenvalue weighted by atomic mass is 10.1. The van der Waals surface area contributed by atoms with E-state index in [1.165, 1.54) is 43.0 Å². The third-order valence-corrected chi connectivity index (χ3v) is 7.45. The summed E-state index contributed by atoms with van der Waals surface area (Å²) in [7, 11) is -3.90. The van der Waals surface area contributed by atoms with Gasteiger partial charge in [-0.05, 0) is 56.0 Å². The van der Waals surface area contributed by atoms with Gasteiger partial charge < -0.3 is 5.32 Å². The minimum atomic E-state index is -3.90. The molecule has 1 atom stereocenters. The molecule has 190 valence electrons. The Morgan fingerprint density at radius 2 is 1.83 bits per heavy atom. The van der Waals surface area contributed by atoms with Crippen LogP contribution in [-0.2, 0) is 27.9 Å². The van der Waals surface area contributed by atoms with Gasteiger partial charge in [-0.3, -0.25) is 24.1 Å². The highest BCUT2D eigenvalue weighted by Crippen LogP contribution is 2.30. The molecule has 0 spiro atoms. The maximum Gasteiger partial charge on any atom is 0.271 e. The van der Waals surface area contributed by atoms with Crippen molar-refractivity contribution in [2.24, 2.45) is 0 Å². The van der Waals surface area contributed by atoms with Crippen LogP contribution in [0.5, 0.6) is 0 Å². The fraction of sp³-hybridized carbons (Fsp3) is 0.480. The lowest BCUT2D eigenvalue weighted by molar-refractivity contribution is -0.384. The second kappa shape index (κ2) is 11.6. The van der Waals surface area contributed by atoms with Crippen LogP contribution in [0, 0.1) is 17.0 Å². The van der Waals surface area contributed by atoms with Crippen molar-refractivity contribution in [2.75, 3.05) is 23.7 Å². The average Bonchev–Trinajstić information content (AvgIpc) is 2.81. The van der Waals surface area contributed by atoms with Gasteiger partial charge in [-0.1, -0.05) is 43.7 Å². The van der Waals surface area contributed by atoms with Crippen molar-refractivity contribution in [1.29, 1.82) is 0 Å². The normalized spacial score (nSPS) is 15.4. The molecule has 0 aromatic heterocycles. The number of amides is 1. The largest absolute Gasteiger partial charge is 0.350 e. The number of nitrogens with zero attached hydrogens (tertiary/aromatic N) is 3. The number of rotatable bonds is 10. The van der Waals surface area contributed by atoms with E-state index in [9.17, 15) is 23.3 Å². The Kier molecular flexibility index (Phi) is 8.85. The Labute approximate surface area is 207 Å². The molecule has 0 saturated carbocycles. The van der Waals surface area contributed by atoms with Gasteiger partial charge >= 0.3 is 0 Å². The van der Waals surface area contributed by atoms with E-state index in [4.69, 9.17) is 0 Å². The number of hydrogen-bond acceptors (Lipinski definition) is 6. The summed E-state index contributed by atoms with van der Waals surface area (Å²) in [5, 5.41) is 14.1. The van der Waals surface area contributed by atoms with E-state index in [0.717, 1.165) is 35.8 Å². The lowest BCUT2D eigenvalue weighted by Crippen LogP contribution is -2.49. The molecule has 2 aromatic rings. The van der Waals surface area contributed by atoms with E-state index >= 15 is 0 Å². The number of sulfonamides is 1. The SMILES string of the molecule is CC[C@@H](C(=O)NCc1cccc(CN2CCCCC2)c1)N(c1cc([N+](=O)[O-])ccc1C)S(C)(=O)=O. The molecule has 0 unspecified atom stereocenters. The van der Waals surface area contributed by atoms with Gasteiger partial charge in [0.1, 0.15) is 6.04 Å². The van der Waals surface area contributed by atoms with Crippen LogP contribution in [0.3, 0.4) is 0 Å². The first-order valence-corrected chi connectivity index (χ1v) is 13.8. The van der Waals surface area contributed by atoms with Crippen LogP contribution in [0.15, 0.2) is 42.5 Å². The summed E-state index contributed by atoms with van der Waals surface area (Å²) in [5.41, 5.74) is 2.53. The summed E-state index contributed by atoms with van der Waals surface area (Å²) in [6.07, 6.45) is 4.92. The number of likely N-dealkylation sites (tertiary alicyclic amines) is 1. The summed E-state index contributed by atoms with van der Waals surface area (Å²) >= 11 is 0. The first-order valence-electron chi connectivity index (χ1n) is 11.9. The second-order valence-corrected chi connectivity index (χ2v) is 10.9. The van der Waals surface area contributed by atoms with E-state index < -0.39 is 26.9 Å². The number of benzene rings is 2. The molecular formula is C25H34N4O5S. The van der Waals surface area contributed by atoms with Crippen LogP contribution in [0.1, 0.15) is 49.3 Å². The number of piperidine rings is 1. The zero-order valence-electron chi connectivity index (χ0n) is 20.6. The van der Waals surface area contributed by atoms with Gasteiger partial charge in [0, 0.05) is 25.2 Å². The van der Waals surface area contributed by atoms with Gasteiger partial charge in [0.15, 0.2) is 0 Å². The van der Waals surface area contributed by atoms with Gasteiger partial charge in [-0.2, -0.15) is 0 Å². The number of non-ortho nitro benzene ring substituents is 1. The Morgan fingerprint density at radius 1 is 1.14 bits per heavy atom.